The minimum atomic E-state index is -0.410. The number of carbonyl (C=O) groups excluding carboxylic acids is 2. The van der Waals surface area contributed by atoms with Crippen LogP contribution in [0.1, 0.15) is 16.1 Å². The van der Waals surface area contributed by atoms with Gasteiger partial charge in [-0.3, -0.25) is 9.59 Å². The van der Waals surface area contributed by atoms with E-state index < -0.39 is 5.91 Å². The molecule has 1 aromatic carbocycles. The molecular weight excluding hydrogens is 332 g/mol. The lowest BCUT2D eigenvalue weighted by atomic mass is 10.1. The molecule has 1 saturated heterocycles. The van der Waals surface area contributed by atoms with Crippen molar-refractivity contribution in [2.75, 3.05) is 50.0 Å². The van der Waals surface area contributed by atoms with Crippen LogP contribution < -0.4 is 15.5 Å². The molecule has 1 aliphatic heterocycles. The van der Waals surface area contributed by atoms with E-state index >= 15 is 0 Å². The van der Waals surface area contributed by atoms with E-state index in [0.717, 1.165) is 37.4 Å². The van der Waals surface area contributed by atoms with E-state index in [9.17, 15) is 9.59 Å². The fourth-order valence-electron chi connectivity index (χ4n) is 2.90. The van der Waals surface area contributed by atoms with Gasteiger partial charge in [-0.15, -0.1) is 0 Å². The summed E-state index contributed by atoms with van der Waals surface area (Å²) in [5, 5.41) is 5.37. The number of anilines is 2. The molecule has 0 atom stereocenters. The Morgan fingerprint density at radius 1 is 1.15 bits per heavy atom. The highest BCUT2D eigenvalue weighted by atomic mass is 16.3. The second-order valence-electron chi connectivity index (χ2n) is 6.50. The van der Waals surface area contributed by atoms with Crippen LogP contribution in [0.2, 0.25) is 0 Å². The van der Waals surface area contributed by atoms with Gasteiger partial charge in [0.25, 0.3) is 5.91 Å². The molecule has 7 heteroatoms. The lowest BCUT2D eigenvalue weighted by Gasteiger charge is -2.34. The molecule has 2 aromatic rings. The van der Waals surface area contributed by atoms with E-state index in [2.05, 4.69) is 33.5 Å². The normalized spacial score (nSPS) is 14.9. The van der Waals surface area contributed by atoms with Crippen LogP contribution in [0.5, 0.6) is 0 Å². The molecule has 1 fully saturated rings. The molecule has 3 rings (SSSR count). The van der Waals surface area contributed by atoms with Gasteiger partial charge in [-0.25, -0.2) is 0 Å². The van der Waals surface area contributed by atoms with Gasteiger partial charge in [-0.05, 0) is 49.9 Å². The van der Waals surface area contributed by atoms with Crippen molar-refractivity contribution in [1.82, 2.24) is 10.2 Å². The molecule has 0 aliphatic carbocycles. The molecular formula is C19H24N4O3. The monoisotopic (exact) mass is 356 g/mol. The first-order chi connectivity index (χ1) is 12.5. The smallest absolute Gasteiger partial charge is 0.287 e. The number of carbonyl (C=O) groups is 2. The van der Waals surface area contributed by atoms with Gasteiger partial charge in [0.1, 0.15) is 0 Å². The molecule has 0 saturated carbocycles. The van der Waals surface area contributed by atoms with Crippen molar-refractivity contribution in [3.05, 3.63) is 47.9 Å². The van der Waals surface area contributed by atoms with E-state index in [1.54, 1.807) is 12.1 Å². The number of hydrogen-bond donors (Lipinski definition) is 2. The van der Waals surface area contributed by atoms with Crippen LogP contribution in [0.3, 0.4) is 0 Å². The molecule has 2 N–H and O–H groups in total. The van der Waals surface area contributed by atoms with Gasteiger partial charge in [0.15, 0.2) is 5.76 Å². The summed E-state index contributed by atoms with van der Waals surface area (Å²) in [6.07, 6.45) is 1.42. The Labute approximate surface area is 153 Å². The minimum absolute atomic E-state index is 0.112. The Morgan fingerprint density at radius 3 is 2.58 bits per heavy atom. The third-order valence-corrected chi connectivity index (χ3v) is 4.51. The van der Waals surface area contributed by atoms with Crippen LogP contribution in [0, 0.1) is 6.92 Å². The zero-order valence-electron chi connectivity index (χ0n) is 15.1. The van der Waals surface area contributed by atoms with Crippen molar-refractivity contribution < 1.29 is 14.0 Å². The first kappa shape index (κ1) is 18.0. The summed E-state index contributed by atoms with van der Waals surface area (Å²) in [5.41, 5.74) is 2.91. The maximum Gasteiger partial charge on any atom is 0.287 e. The molecule has 138 valence electrons. The summed E-state index contributed by atoms with van der Waals surface area (Å²) in [6.45, 7) is 5.95. The quantitative estimate of drug-likeness (QED) is 0.853. The minimum Gasteiger partial charge on any atom is -0.459 e. The van der Waals surface area contributed by atoms with Crippen molar-refractivity contribution in [2.24, 2.45) is 0 Å². The molecule has 0 bridgehead atoms. The average Bonchev–Trinajstić information content (AvgIpc) is 3.17. The number of nitrogens with zero attached hydrogens (tertiary/aromatic N) is 2. The van der Waals surface area contributed by atoms with Crippen LogP contribution in [-0.4, -0.2) is 56.5 Å². The molecule has 0 radical (unpaired) electrons. The molecule has 2 heterocycles. The number of piperazine rings is 1. The Morgan fingerprint density at radius 2 is 1.92 bits per heavy atom. The number of hydrogen-bond acceptors (Lipinski definition) is 5. The van der Waals surface area contributed by atoms with Crippen LogP contribution in [-0.2, 0) is 4.79 Å². The summed E-state index contributed by atoms with van der Waals surface area (Å²) < 4.78 is 4.99. The zero-order chi connectivity index (χ0) is 18.5. The van der Waals surface area contributed by atoms with Crippen molar-refractivity contribution in [1.29, 1.82) is 0 Å². The average molecular weight is 356 g/mol. The van der Waals surface area contributed by atoms with Crippen LogP contribution in [0.4, 0.5) is 11.4 Å². The SMILES string of the molecule is Cc1cc(N2CCN(C)CC2)ccc1NC(=O)CNC(=O)c1ccco1. The number of amides is 2. The van der Waals surface area contributed by atoms with E-state index in [0.29, 0.717) is 0 Å². The van der Waals surface area contributed by atoms with Crippen LogP contribution in [0.25, 0.3) is 0 Å². The standard InChI is InChI=1S/C19H24N4O3/c1-14-12-15(23-9-7-22(2)8-10-23)5-6-16(14)21-18(24)13-20-19(25)17-4-3-11-26-17/h3-6,11-12H,7-10,13H2,1-2H3,(H,20,25)(H,21,24). The van der Waals surface area contributed by atoms with Gasteiger partial charge in [0, 0.05) is 37.6 Å². The lowest BCUT2D eigenvalue weighted by Crippen LogP contribution is -2.44. The summed E-state index contributed by atoms with van der Waals surface area (Å²) in [5.74, 6) is -0.502. The Hall–Kier alpha value is -2.80. The predicted octanol–water partition coefficient (Wildman–Crippen LogP) is 1.71. The molecule has 26 heavy (non-hydrogen) atoms. The lowest BCUT2D eigenvalue weighted by molar-refractivity contribution is -0.115. The van der Waals surface area contributed by atoms with Gasteiger partial charge < -0.3 is 24.9 Å². The number of benzene rings is 1. The van der Waals surface area contributed by atoms with Crippen molar-refractivity contribution in [3.8, 4) is 0 Å². The highest BCUT2D eigenvalue weighted by molar-refractivity contribution is 5.98. The number of aryl methyl sites for hydroxylation is 1. The summed E-state index contributed by atoms with van der Waals surface area (Å²) in [4.78, 5) is 28.5. The highest BCUT2D eigenvalue weighted by Crippen LogP contribution is 2.23. The molecule has 7 nitrogen and oxygen atoms in total. The van der Waals surface area contributed by atoms with Crippen LogP contribution >= 0.6 is 0 Å². The van der Waals surface area contributed by atoms with Gasteiger partial charge in [-0.2, -0.15) is 0 Å². The number of likely N-dealkylation sites (N-methyl/N-ethyl adjacent to an activating group) is 1. The predicted molar refractivity (Wildman–Crippen MR) is 101 cm³/mol. The third-order valence-electron chi connectivity index (χ3n) is 4.51. The number of furan rings is 1. The maximum absolute atomic E-state index is 12.1. The van der Waals surface area contributed by atoms with E-state index in [4.69, 9.17) is 4.42 Å². The van der Waals surface area contributed by atoms with Crippen molar-refractivity contribution in [3.63, 3.8) is 0 Å². The van der Waals surface area contributed by atoms with Crippen molar-refractivity contribution >= 4 is 23.2 Å². The van der Waals surface area contributed by atoms with Crippen LogP contribution in [0.15, 0.2) is 41.0 Å². The highest BCUT2D eigenvalue weighted by Gasteiger charge is 2.15. The number of nitrogens with one attached hydrogen (secondary N) is 2. The largest absolute Gasteiger partial charge is 0.459 e. The second-order valence-corrected chi connectivity index (χ2v) is 6.50. The van der Waals surface area contributed by atoms with E-state index in [1.807, 2.05) is 19.1 Å². The second kappa shape index (κ2) is 8.05. The van der Waals surface area contributed by atoms with E-state index in [-0.39, 0.29) is 18.2 Å². The first-order valence-corrected chi connectivity index (χ1v) is 8.68. The summed E-state index contributed by atoms with van der Waals surface area (Å²) >= 11 is 0. The fourth-order valence-corrected chi connectivity index (χ4v) is 2.90. The molecule has 1 aromatic heterocycles. The molecule has 1 aliphatic rings. The van der Waals surface area contributed by atoms with Crippen molar-refractivity contribution in [2.45, 2.75) is 6.92 Å². The Bertz CT molecular complexity index is 765. The van der Waals surface area contributed by atoms with Gasteiger partial charge in [-0.1, -0.05) is 0 Å². The summed E-state index contributed by atoms with van der Waals surface area (Å²) in [7, 11) is 2.13. The maximum atomic E-state index is 12.1. The zero-order valence-corrected chi connectivity index (χ0v) is 15.1. The van der Waals surface area contributed by atoms with E-state index in [1.165, 1.54) is 12.0 Å². The molecule has 0 unspecified atom stereocenters. The number of rotatable bonds is 5. The van der Waals surface area contributed by atoms with Gasteiger partial charge in [0.05, 0.1) is 12.8 Å². The summed E-state index contributed by atoms with van der Waals surface area (Å²) in [6, 6.07) is 9.20. The molecule has 2 amide bonds. The first-order valence-electron chi connectivity index (χ1n) is 8.68. The third kappa shape index (κ3) is 4.43. The fraction of sp³-hybridized carbons (Fsp3) is 0.368. The Balaban J connectivity index is 1.54. The van der Waals surface area contributed by atoms with Gasteiger partial charge in [0.2, 0.25) is 5.91 Å². The Kier molecular flexibility index (Phi) is 5.58. The molecule has 0 spiro atoms. The van der Waals surface area contributed by atoms with Gasteiger partial charge >= 0.3 is 0 Å². The topological polar surface area (TPSA) is 77.8 Å².